The monoisotopic (exact) mass is 630 g/mol. The molecule has 0 rings (SSSR count). The lowest BCUT2D eigenvalue weighted by Gasteiger charge is -2.19. The molecule has 4 heteroatoms. The molecule has 0 radical (unpaired) electrons. The Morgan fingerprint density at radius 3 is 1.29 bits per heavy atom. The molecule has 0 aromatic rings. The molecule has 0 saturated carbocycles. The van der Waals surface area contributed by atoms with Crippen LogP contribution in [0.25, 0.3) is 0 Å². The van der Waals surface area contributed by atoms with Gasteiger partial charge in [-0.15, -0.1) is 0 Å². The van der Waals surface area contributed by atoms with E-state index in [-0.39, 0.29) is 12.5 Å². The lowest BCUT2D eigenvalue weighted by atomic mass is 10.1. The Bertz CT molecular complexity index is 726. The van der Waals surface area contributed by atoms with Gasteiger partial charge < -0.3 is 15.5 Å². The first-order valence-corrected chi connectivity index (χ1v) is 19.4. The van der Waals surface area contributed by atoms with Crippen molar-refractivity contribution in [2.75, 3.05) is 6.61 Å². The van der Waals surface area contributed by atoms with Crippen LogP contribution < -0.4 is 5.32 Å². The van der Waals surface area contributed by atoms with Gasteiger partial charge in [-0.25, -0.2) is 0 Å². The number of unbranched alkanes of at least 4 members (excludes halogenated alkanes) is 21. The number of hydrogen-bond donors (Lipinski definition) is 3. The van der Waals surface area contributed by atoms with E-state index in [9.17, 15) is 15.0 Å². The Morgan fingerprint density at radius 2 is 0.867 bits per heavy atom. The van der Waals surface area contributed by atoms with Crippen molar-refractivity contribution >= 4 is 5.91 Å². The average Bonchev–Trinajstić information content (AvgIpc) is 3.04. The topological polar surface area (TPSA) is 69.6 Å². The molecular formula is C41H75NO3. The fourth-order valence-corrected chi connectivity index (χ4v) is 5.50. The van der Waals surface area contributed by atoms with Gasteiger partial charge in [0.25, 0.3) is 0 Å². The van der Waals surface area contributed by atoms with E-state index >= 15 is 0 Å². The van der Waals surface area contributed by atoms with Crippen LogP contribution in [-0.4, -0.2) is 34.9 Å². The van der Waals surface area contributed by atoms with Gasteiger partial charge in [-0.3, -0.25) is 4.79 Å². The molecule has 1 amide bonds. The summed E-state index contributed by atoms with van der Waals surface area (Å²) in [6.07, 6.45) is 49.1. The van der Waals surface area contributed by atoms with Gasteiger partial charge in [-0.1, -0.05) is 159 Å². The summed E-state index contributed by atoms with van der Waals surface area (Å²) in [6, 6.07) is -0.648. The highest BCUT2D eigenvalue weighted by Gasteiger charge is 2.17. The second kappa shape index (κ2) is 36.8. The van der Waals surface area contributed by atoms with Gasteiger partial charge in [0.1, 0.15) is 0 Å². The highest BCUT2D eigenvalue weighted by atomic mass is 16.3. The van der Waals surface area contributed by atoms with Crippen molar-refractivity contribution in [3.63, 3.8) is 0 Å². The van der Waals surface area contributed by atoms with Crippen molar-refractivity contribution in [2.24, 2.45) is 0 Å². The zero-order valence-electron chi connectivity index (χ0n) is 29.9. The summed E-state index contributed by atoms with van der Waals surface area (Å²) in [5.41, 5.74) is 0. The summed E-state index contributed by atoms with van der Waals surface area (Å²) in [6.45, 7) is 4.26. The Hall–Kier alpha value is -1.65. The van der Waals surface area contributed by atoms with Crippen molar-refractivity contribution in [1.29, 1.82) is 0 Å². The van der Waals surface area contributed by atoms with Gasteiger partial charge >= 0.3 is 0 Å². The van der Waals surface area contributed by atoms with Crippen LogP contribution in [0.5, 0.6) is 0 Å². The van der Waals surface area contributed by atoms with Crippen LogP contribution in [-0.2, 0) is 4.79 Å². The summed E-state index contributed by atoms with van der Waals surface area (Å²) in [5, 5.41) is 22.9. The number of aliphatic hydroxyl groups is 2. The van der Waals surface area contributed by atoms with E-state index in [4.69, 9.17) is 0 Å². The summed E-state index contributed by atoms with van der Waals surface area (Å²) >= 11 is 0. The largest absolute Gasteiger partial charge is 0.394 e. The minimum atomic E-state index is -0.872. The van der Waals surface area contributed by atoms with E-state index in [2.05, 4.69) is 55.6 Å². The number of carbonyl (C=O) groups is 1. The smallest absolute Gasteiger partial charge is 0.220 e. The van der Waals surface area contributed by atoms with E-state index in [0.717, 1.165) is 51.4 Å². The Kier molecular flexibility index (Phi) is 35.5. The van der Waals surface area contributed by atoms with Crippen molar-refractivity contribution in [1.82, 2.24) is 5.32 Å². The van der Waals surface area contributed by atoms with Crippen LogP contribution in [0.2, 0.25) is 0 Å². The number of rotatable bonds is 34. The molecule has 0 aliphatic carbocycles. The molecule has 0 bridgehead atoms. The Balaban J connectivity index is 3.72. The number of allylic oxidation sites excluding steroid dienone is 7. The van der Waals surface area contributed by atoms with E-state index in [0.29, 0.717) is 6.42 Å². The molecule has 0 heterocycles. The molecule has 2 atom stereocenters. The fourth-order valence-electron chi connectivity index (χ4n) is 5.50. The fraction of sp³-hybridized carbons (Fsp3) is 0.780. The minimum Gasteiger partial charge on any atom is -0.394 e. The van der Waals surface area contributed by atoms with Crippen LogP contribution in [0.15, 0.2) is 48.6 Å². The highest BCUT2D eigenvalue weighted by Crippen LogP contribution is 2.12. The molecule has 0 spiro atoms. The Morgan fingerprint density at radius 1 is 0.511 bits per heavy atom. The lowest BCUT2D eigenvalue weighted by Crippen LogP contribution is -2.45. The van der Waals surface area contributed by atoms with Crippen LogP contribution in [0.4, 0.5) is 0 Å². The SMILES string of the molecule is CCCCCCC/C=C\CCCCCCCC(=O)NC(CO)C(O)/C=C/CC/C=C/CC/C=C/CCCCCCCCCCC. The van der Waals surface area contributed by atoms with Crippen LogP contribution in [0.1, 0.15) is 187 Å². The second-order valence-electron chi connectivity index (χ2n) is 13.0. The molecule has 262 valence electrons. The normalized spacial score (nSPS) is 13.6. The molecule has 0 saturated heterocycles. The van der Waals surface area contributed by atoms with Crippen LogP contribution in [0.3, 0.4) is 0 Å². The molecular weight excluding hydrogens is 554 g/mol. The quantitative estimate of drug-likeness (QED) is 0.0490. The van der Waals surface area contributed by atoms with Gasteiger partial charge in [-0.05, 0) is 70.6 Å². The maximum absolute atomic E-state index is 12.3. The van der Waals surface area contributed by atoms with Gasteiger partial charge in [0.05, 0.1) is 18.8 Å². The lowest BCUT2D eigenvalue weighted by molar-refractivity contribution is -0.123. The van der Waals surface area contributed by atoms with Gasteiger partial charge in [0.15, 0.2) is 0 Å². The molecule has 0 fully saturated rings. The minimum absolute atomic E-state index is 0.0893. The van der Waals surface area contributed by atoms with Gasteiger partial charge in [-0.2, -0.15) is 0 Å². The number of carbonyl (C=O) groups excluding carboxylic acids is 1. The van der Waals surface area contributed by atoms with Crippen LogP contribution >= 0.6 is 0 Å². The summed E-state index contributed by atoms with van der Waals surface area (Å²) in [7, 11) is 0. The zero-order chi connectivity index (χ0) is 32.9. The molecule has 0 aromatic carbocycles. The second-order valence-corrected chi connectivity index (χ2v) is 13.0. The van der Waals surface area contributed by atoms with Gasteiger partial charge in [0, 0.05) is 6.42 Å². The third kappa shape index (κ3) is 33.5. The molecule has 3 N–H and O–H groups in total. The zero-order valence-corrected chi connectivity index (χ0v) is 29.9. The summed E-state index contributed by atoms with van der Waals surface area (Å²) in [5.74, 6) is -0.0893. The Labute approximate surface area is 280 Å². The predicted octanol–water partition coefficient (Wildman–Crippen LogP) is 11.6. The van der Waals surface area contributed by atoms with Crippen molar-refractivity contribution < 1.29 is 15.0 Å². The standard InChI is InChI=1S/C41H75NO3/c1-3-5-7-9-11-13-15-17-19-20-21-22-23-24-26-28-30-32-34-36-40(44)39(38-43)42-41(45)37-35-33-31-29-27-25-18-16-14-12-10-8-6-4-2/h16,18,21-22,26,28,34,36,39-40,43-44H,3-15,17,19-20,23-25,27,29-33,35,37-38H2,1-2H3,(H,42,45)/b18-16-,22-21+,28-26+,36-34+. The first-order valence-electron chi connectivity index (χ1n) is 19.4. The molecule has 0 aromatic heterocycles. The first-order chi connectivity index (χ1) is 22.2. The van der Waals surface area contributed by atoms with Gasteiger partial charge in [0.2, 0.25) is 5.91 Å². The first kappa shape index (κ1) is 43.4. The number of hydrogen-bond acceptors (Lipinski definition) is 3. The maximum Gasteiger partial charge on any atom is 0.220 e. The maximum atomic E-state index is 12.3. The molecule has 45 heavy (non-hydrogen) atoms. The van der Waals surface area contributed by atoms with Crippen molar-refractivity contribution in [2.45, 2.75) is 199 Å². The predicted molar refractivity (Wildman–Crippen MR) is 198 cm³/mol. The number of nitrogens with one attached hydrogen (secondary N) is 1. The van der Waals surface area contributed by atoms with E-state index in [1.165, 1.54) is 116 Å². The highest BCUT2D eigenvalue weighted by molar-refractivity contribution is 5.76. The number of amides is 1. The van der Waals surface area contributed by atoms with E-state index in [1.807, 2.05) is 6.08 Å². The van der Waals surface area contributed by atoms with E-state index in [1.54, 1.807) is 6.08 Å². The van der Waals surface area contributed by atoms with Crippen molar-refractivity contribution in [3.05, 3.63) is 48.6 Å². The average molecular weight is 630 g/mol. The molecule has 4 nitrogen and oxygen atoms in total. The van der Waals surface area contributed by atoms with E-state index < -0.39 is 12.1 Å². The van der Waals surface area contributed by atoms with Crippen LogP contribution in [0, 0.1) is 0 Å². The molecule has 0 aliphatic rings. The summed E-state index contributed by atoms with van der Waals surface area (Å²) in [4.78, 5) is 12.3. The number of aliphatic hydroxyl groups excluding tert-OH is 2. The molecule has 2 unspecified atom stereocenters. The summed E-state index contributed by atoms with van der Waals surface area (Å²) < 4.78 is 0. The third-order valence-electron chi connectivity index (χ3n) is 8.51. The molecule has 0 aliphatic heterocycles. The van der Waals surface area contributed by atoms with Crippen molar-refractivity contribution in [3.8, 4) is 0 Å². The third-order valence-corrected chi connectivity index (χ3v) is 8.51.